The van der Waals surface area contributed by atoms with Crippen LogP contribution >= 0.6 is 43.5 Å². The molecule has 6 heteroatoms. The van der Waals surface area contributed by atoms with Gasteiger partial charge in [0.15, 0.2) is 5.65 Å². The van der Waals surface area contributed by atoms with E-state index in [0.717, 1.165) is 37.2 Å². The summed E-state index contributed by atoms with van der Waals surface area (Å²) in [6, 6.07) is 8.07. The molecule has 102 valence electrons. The Balaban J connectivity index is 2.37. The highest BCUT2D eigenvalue weighted by atomic mass is 79.9. The molecule has 1 aromatic carbocycles. The maximum Gasteiger partial charge on any atom is 0.164 e. The number of nitrogens with zero attached hydrogens (tertiary/aromatic N) is 3. The Labute approximate surface area is 138 Å². The Hall–Kier alpha value is -0.910. The molecule has 20 heavy (non-hydrogen) atoms. The summed E-state index contributed by atoms with van der Waals surface area (Å²) < 4.78 is 3.92. The summed E-state index contributed by atoms with van der Waals surface area (Å²) in [6.07, 6.45) is 1.77. The van der Waals surface area contributed by atoms with Gasteiger partial charge in [-0.25, -0.2) is 9.97 Å². The summed E-state index contributed by atoms with van der Waals surface area (Å²) in [7, 11) is 0. The normalized spacial score (nSPS) is 11.2. The van der Waals surface area contributed by atoms with Gasteiger partial charge in [0.05, 0.1) is 11.6 Å². The van der Waals surface area contributed by atoms with Gasteiger partial charge in [-0.3, -0.25) is 4.57 Å². The van der Waals surface area contributed by atoms with Crippen molar-refractivity contribution in [3.8, 4) is 5.69 Å². The van der Waals surface area contributed by atoms with E-state index in [4.69, 9.17) is 11.6 Å². The average Bonchev–Trinajstić information content (AvgIpc) is 2.78. The van der Waals surface area contributed by atoms with Gasteiger partial charge in [-0.05, 0) is 46.6 Å². The molecule has 3 rings (SSSR count). The first-order valence-electron chi connectivity index (χ1n) is 5.95. The Bertz CT molecular complexity index is 798. The third-order valence-electron chi connectivity index (χ3n) is 3.06. The number of alkyl halides is 1. The molecule has 0 bridgehead atoms. The van der Waals surface area contributed by atoms with Crippen LogP contribution in [0, 0.1) is 6.92 Å². The van der Waals surface area contributed by atoms with Gasteiger partial charge in [-0.2, -0.15) is 0 Å². The molecule has 0 aliphatic carbocycles. The maximum atomic E-state index is 6.05. The topological polar surface area (TPSA) is 30.7 Å². The fraction of sp³-hybridized carbons (Fsp3) is 0.143. The van der Waals surface area contributed by atoms with E-state index in [-0.39, 0.29) is 0 Å². The van der Waals surface area contributed by atoms with Crippen molar-refractivity contribution in [2.45, 2.75) is 12.8 Å². The quantitative estimate of drug-likeness (QED) is 0.552. The molecule has 0 aliphatic rings. The molecule has 0 saturated carbocycles. The second-order valence-corrected chi connectivity index (χ2v) is 6.52. The van der Waals surface area contributed by atoms with Crippen LogP contribution in [0.25, 0.3) is 16.9 Å². The summed E-state index contributed by atoms with van der Waals surface area (Å²) >= 11 is 13.0. The molecule has 3 aromatic rings. The number of halogens is 3. The SMILES string of the molecule is Cc1ccc(Br)cc1-n1c(CCl)nc2cc(Br)cnc21. The third kappa shape index (κ3) is 2.38. The summed E-state index contributed by atoms with van der Waals surface area (Å²) in [5.74, 6) is 1.12. The first kappa shape index (κ1) is 14.0. The molecule has 0 radical (unpaired) electrons. The van der Waals surface area contributed by atoms with Crippen molar-refractivity contribution < 1.29 is 0 Å². The van der Waals surface area contributed by atoms with Crippen molar-refractivity contribution >= 4 is 54.6 Å². The van der Waals surface area contributed by atoms with Gasteiger partial charge >= 0.3 is 0 Å². The second kappa shape index (κ2) is 5.47. The lowest BCUT2D eigenvalue weighted by atomic mass is 10.2. The van der Waals surface area contributed by atoms with Crippen LogP contribution in [0.3, 0.4) is 0 Å². The van der Waals surface area contributed by atoms with Crippen molar-refractivity contribution in [1.29, 1.82) is 0 Å². The third-order valence-corrected chi connectivity index (χ3v) is 4.23. The van der Waals surface area contributed by atoms with Gasteiger partial charge in [0.2, 0.25) is 0 Å². The van der Waals surface area contributed by atoms with Gasteiger partial charge in [0.25, 0.3) is 0 Å². The average molecular weight is 416 g/mol. The van der Waals surface area contributed by atoms with Crippen molar-refractivity contribution in [3.63, 3.8) is 0 Å². The number of hydrogen-bond acceptors (Lipinski definition) is 2. The van der Waals surface area contributed by atoms with Gasteiger partial charge in [-0.15, -0.1) is 11.6 Å². The highest BCUT2D eigenvalue weighted by molar-refractivity contribution is 9.10. The van der Waals surface area contributed by atoms with Crippen molar-refractivity contribution in [3.05, 3.63) is 50.8 Å². The van der Waals surface area contributed by atoms with E-state index in [1.54, 1.807) is 6.20 Å². The number of fused-ring (bicyclic) bond motifs is 1. The van der Waals surface area contributed by atoms with Crippen LogP contribution < -0.4 is 0 Å². The molecule has 0 N–H and O–H groups in total. The first-order chi connectivity index (χ1) is 9.60. The number of rotatable bonds is 2. The minimum atomic E-state index is 0.333. The van der Waals surface area contributed by atoms with Gasteiger partial charge < -0.3 is 0 Å². The van der Waals surface area contributed by atoms with Crippen LogP contribution in [0.15, 0.2) is 39.4 Å². The van der Waals surface area contributed by atoms with E-state index in [1.807, 2.05) is 16.7 Å². The predicted octanol–water partition coefficient (Wildman–Crippen LogP) is 4.99. The molecule has 0 unspecified atom stereocenters. The lowest BCUT2D eigenvalue weighted by molar-refractivity contribution is 0.959. The molecule has 0 saturated heterocycles. The van der Waals surface area contributed by atoms with Crippen LogP contribution in [0.4, 0.5) is 0 Å². The van der Waals surface area contributed by atoms with Crippen LogP contribution in [0.5, 0.6) is 0 Å². The number of hydrogen-bond donors (Lipinski definition) is 0. The van der Waals surface area contributed by atoms with E-state index in [0.29, 0.717) is 5.88 Å². The standard InChI is InChI=1S/C14H10Br2ClN3/c1-8-2-3-9(15)5-12(8)20-13(6-17)19-11-4-10(16)7-18-14(11)20/h2-5,7H,6H2,1H3. The van der Waals surface area contributed by atoms with Crippen molar-refractivity contribution in [2.24, 2.45) is 0 Å². The van der Waals surface area contributed by atoms with Gasteiger partial charge in [0, 0.05) is 15.1 Å². The van der Waals surface area contributed by atoms with E-state index >= 15 is 0 Å². The van der Waals surface area contributed by atoms with Crippen molar-refractivity contribution in [2.75, 3.05) is 0 Å². The predicted molar refractivity (Wildman–Crippen MR) is 88.6 cm³/mol. The lowest BCUT2D eigenvalue weighted by Crippen LogP contribution is -2.02. The zero-order valence-corrected chi connectivity index (χ0v) is 14.5. The summed E-state index contributed by atoms with van der Waals surface area (Å²) in [5, 5.41) is 0. The molecule has 0 spiro atoms. The van der Waals surface area contributed by atoms with E-state index in [9.17, 15) is 0 Å². The Morgan fingerprint density at radius 1 is 1.20 bits per heavy atom. The zero-order valence-electron chi connectivity index (χ0n) is 10.6. The minimum Gasteiger partial charge on any atom is -0.279 e. The number of aromatic nitrogens is 3. The van der Waals surface area contributed by atoms with Crippen LogP contribution in [0.1, 0.15) is 11.4 Å². The highest BCUT2D eigenvalue weighted by Crippen LogP contribution is 2.27. The van der Waals surface area contributed by atoms with Crippen LogP contribution in [0.2, 0.25) is 0 Å². The molecule has 2 aromatic heterocycles. The highest BCUT2D eigenvalue weighted by Gasteiger charge is 2.15. The maximum absolute atomic E-state index is 6.05. The molecule has 0 atom stereocenters. The van der Waals surface area contributed by atoms with Gasteiger partial charge in [0.1, 0.15) is 11.3 Å². The summed E-state index contributed by atoms with van der Waals surface area (Å²) in [4.78, 5) is 9.04. The van der Waals surface area contributed by atoms with E-state index < -0.39 is 0 Å². The largest absolute Gasteiger partial charge is 0.279 e. The van der Waals surface area contributed by atoms with Crippen molar-refractivity contribution in [1.82, 2.24) is 14.5 Å². The Kier molecular flexibility index (Phi) is 3.84. The number of imidazole rings is 1. The molecule has 0 fully saturated rings. The van der Waals surface area contributed by atoms with Crippen LogP contribution in [-0.4, -0.2) is 14.5 Å². The monoisotopic (exact) mass is 413 g/mol. The minimum absolute atomic E-state index is 0.333. The molecule has 0 amide bonds. The number of aryl methyl sites for hydroxylation is 1. The summed E-state index contributed by atoms with van der Waals surface area (Å²) in [6.45, 7) is 2.06. The fourth-order valence-electron chi connectivity index (χ4n) is 2.15. The fourth-order valence-corrected chi connectivity index (χ4v) is 3.00. The first-order valence-corrected chi connectivity index (χ1v) is 8.07. The number of pyridine rings is 1. The summed E-state index contributed by atoms with van der Waals surface area (Å²) in [5.41, 5.74) is 3.82. The van der Waals surface area contributed by atoms with E-state index in [2.05, 4.69) is 60.9 Å². The lowest BCUT2D eigenvalue weighted by Gasteiger charge is -2.11. The van der Waals surface area contributed by atoms with Crippen LogP contribution in [-0.2, 0) is 5.88 Å². The molecule has 0 aliphatic heterocycles. The molecular weight excluding hydrogens is 405 g/mol. The zero-order chi connectivity index (χ0) is 14.3. The smallest absolute Gasteiger partial charge is 0.164 e. The Morgan fingerprint density at radius 3 is 2.75 bits per heavy atom. The Morgan fingerprint density at radius 2 is 2.00 bits per heavy atom. The molecule has 3 nitrogen and oxygen atoms in total. The van der Waals surface area contributed by atoms with Gasteiger partial charge in [-0.1, -0.05) is 22.0 Å². The number of benzene rings is 1. The second-order valence-electron chi connectivity index (χ2n) is 4.42. The van der Waals surface area contributed by atoms with E-state index in [1.165, 1.54) is 0 Å². The molecular formula is C14H10Br2ClN3. The molecule has 2 heterocycles.